The van der Waals surface area contributed by atoms with Gasteiger partial charge in [-0.3, -0.25) is 9.59 Å². The molecule has 0 aliphatic heterocycles. The molecule has 0 atom stereocenters. The Morgan fingerprint density at radius 2 is 1.77 bits per heavy atom. The monoisotopic (exact) mass is 404 g/mol. The summed E-state index contributed by atoms with van der Waals surface area (Å²) in [6.45, 7) is 2.52. The third kappa shape index (κ3) is 5.14. The first-order valence-corrected chi connectivity index (χ1v) is 9.56. The van der Waals surface area contributed by atoms with Crippen molar-refractivity contribution in [3.63, 3.8) is 0 Å². The second-order valence-electron chi connectivity index (χ2n) is 6.72. The Hall–Kier alpha value is -3.87. The Labute approximate surface area is 175 Å². The molecule has 0 unspecified atom stereocenters. The van der Waals surface area contributed by atoms with E-state index in [1.165, 1.54) is 4.90 Å². The summed E-state index contributed by atoms with van der Waals surface area (Å²) in [5, 5.41) is 6.00. The van der Waals surface area contributed by atoms with Crippen LogP contribution in [0.5, 0.6) is 5.75 Å². The molecule has 0 radical (unpaired) electrons. The molecule has 0 saturated carbocycles. The van der Waals surface area contributed by atoms with Gasteiger partial charge in [-0.1, -0.05) is 6.07 Å². The van der Waals surface area contributed by atoms with E-state index in [-0.39, 0.29) is 11.8 Å². The van der Waals surface area contributed by atoms with Crippen LogP contribution in [-0.2, 0) is 0 Å². The van der Waals surface area contributed by atoms with Crippen molar-refractivity contribution in [1.82, 2.24) is 9.88 Å². The first-order chi connectivity index (χ1) is 14.5. The molecule has 2 N–H and O–H groups in total. The summed E-state index contributed by atoms with van der Waals surface area (Å²) in [5.41, 5.74) is 2.20. The van der Waals surface area contributed by atoms with Crippen molar-refractivity contribution in [2.24, 2.45) is 0 Å². The summed E-state index contributed by atoms with van der Waals surface area (Å²) in [6.07, 6.45) is 1.62. The fraction of sp³-hybridized carbons (Fsp3) is 0.174. The molecule has 7 heteroatoms. The Morgan fingerprint density at radius 3 is 2.47 bits per heavy atom. The second kappa shape index (κ2) is 9.56. The lowest BCUT2D eigenvalue weighted by molar-refractivity contribution is 0.0827. The van der Waals surface area contributed by atoms with Crippen LogP contribution in [0.15, 0.2) is 66.9 Å². The summed E-state index contributed by atoms with van der Waals surface area (Å²) in [7, 11) is 3.37. The van der Waals surface area contributed by atoms with Gasteiger partial charge in [0.2, 0.25) is 0 Å². The average Bonchev–Trinajstić information content (AvgIpc) is 2.75. The maximum absolute atomic E-state index is 12.9. The van der Waals surface area contributed by atoms with Gasteiger partial charge in [-0.25, -0.2) is 4.98 Å². The van der Waals surface area contributed by atoms with Crippen molar-refractivity contribution in [2.75, 3.05) is 31.3 Å². The standard InChI is InChI=1S/C23H24N4O3/c1-4-30-19-12-10-17(11-13-19)25-21-20(9-6-14-24-21)22(28)26-18-8-5-7-16(15-18)23(29)27(2)3/h5-15H,4H2,1-3H3,(H,24,25)(H,26,28). The van der Waals surface area contributed by atoms with Gasteiger partial charge in [-0.05, 0) is 61.5 Å². The summed E-state index contributed by atoms with van der Waals surface area (Å²) in [6, 6.07) is 17.6. The molecule has 0 bridgehead atoms. The molecule has 0 spiro atoms. The number of hydrogen-bond donors (Lipinski definition) is 2. The van der Waals surface area contributed by atoms with Gasteiger partial charge >= 0.3 is 0 Å². The third-order valence-electron chi connectivity index (χ3n) is 4.25. The van der Waals surface area contributed by atoms with Gasteiger partial charge in [-0.2, -0.15) is 0 Å². The summed E-state index contributed by atoms with van der Waals surface area (Å²) in [5.74, 6) is 0.741. The van der Waals surface area contributed by atoms with Crippen molar-refractivity contribution < 1.29 is 14.3 Å². The number of benzene rings is 2. The minimum Gasteiger partial charge on any atom is -0.494 e. The molecule has 3 aromatic rings. The molecule has 1 heterocycles. The summed E-state index contributed by atoms with van der Waals surface area (Å²) in [4.78, 5) is 30.8. The van der Waals surface area contributed by atoms with E-state index in [9.17, 15) is 9.59 Å². The number of aromatic nitrogens is 1. The van der Waals surface area contributed by atoms with Crippen LogP contribution in [-0.4, -0.2) is 42.4 Å². The highest BCUT2D eigenvalue weighted by molar-refractivity contribution is 6.08. The normalized spacial score (nSPS) is 10.2. The molecule has 0 aliphatic carbocycles. The van der Waals surface area contributed by atoms with Crippen LogP contribution in [0.3, 0.4) is 0 Å². The van der Waals surface area contributed by atoms with E-state index in [0.717, 1.165) is 11.4 Å². The van der Waals surface area contributed by atoms with Crippen LogP contribution in [0, 0.1) is 0 Å². The molecule has 1 aromatic heterocycles. The molecule has 0 aliphatic rings. The Morgan fingerprint density at radius 1 is 1.00 bits per heavy atom. The second-order valence-corrected chi connectivity index (χ2v) is 6.72. The van der Waals surface area contributed by atoms with Crippen LogP contribution in [0.1, 0.15) is 27.6 Å². The molecule has 0 saturated heterocycles. The predicted octanol–water partition coefficient (Wildman–Crippen LogP) is 4.18. The maximum atomic E-state index is 12.9. The number of hydrogen-bond acceptors (Lipinski definition) is 5. The van der Waals surface area contributed by atoms with Gasteiger partial charge < -0.3 is 20.3 Å². The zero-order valence-electron chi connectivity index (χ0n) is 17.2. The minimum absolute atomic E-state index is 0.134. The molecule has 2 aromatic carbocycles. The molecule has 7 nitrogen and oxygen atoms in total. The van der Waals surface area contributed by atoms with Crippen LogP contribution < -0.4 is 15.4 Å². The van der Waals surface area contributed by atoms with Gasteiger partial charge in [0.15, 0.2) is 0 Å². The van der Waals surface area contributed by atoms with Gasteiger partial charge in [0.1, 0.15) is 11.6 Å². The Bertz CT molecular complexity index is 1030. The van der Waals surface area contributed by atoms with Crippen LogP contribution in [0.4, 0.5) is 17.2 Å². The zero-order valence-corrected chi connectivity index (χ0v) is 17.2. The van der Waals surface area contributed by atoms with E-state index in [0.29, 0.717) is 29.2 Å². The van der Waals surface area contributed by atoms with Gasteiger partial charge in [0, 0.05) is 37.2 Å². The lowest BCUT2D eigenvalue weighted by Gasteiger charge is -2.13. The lowest BCUT2D eigenvalue weighted by Crippen LogP contribution is -2.22. The highest BCUT2D eigenvalue weighted by Crippen LogP contribution is 2.22. The topological polar surface area (TPSA) is 83.6 Å². The minimum atomic E-state index is -0.328. The van der Waals surface area contributed by atoms with E-state index in [1.54, 1.807) is 56.7 Å². The number of ether oxygens (including phenoxy) is 1. The van der Waals surface area contributed by atoms with E-state index in [2.05, 4.69) is 15.6 Å². The van der Waals surface area contributed by atoms with Crippen molar-refractivity contribution >= 4 is 29.0 Å². The number of nitrogens with one attached hydrogen (secondary N) is 2. The van der Waals surface area contributed by atoms with E-state index < -0.39 is 0 Å². The van der Waals surface area contributed by atoms with E-state index in [4.69, 9.17) is 4.74 Å². The smallest absolute Gasteiger partial charge is 0.259 e. The molecule has 3 rings (SSSR count). The predicted molar refractivity (Wildman–Crippen MR) is 118 cm³/mol. The van der Waals surface area contributed by atoms with E-state index >= 15 is 0 Å². The zero-order chi connectivity index (χ0) is 21.5. The number of carbonyl (C=O) groups is 2. The quantitative estimate of drug-likeness (QED) is 0.617. The Balaban J connectivity index is 1.77. The number of anilines is 3. The number of nitrogens with zero attached hydrogens (tertiary/aromatic N) is 2. The SMILES string of the molecule is CCOc1ccc(Nc2ncccc2C(=O)Nc2cccc(C(=O)N(C)C)c2)cc1. The highest BCUT2D eigenvalue weighted by Gasteiger charge is 2.14. The molecule has 2 amide bonds. The van der Waals surface area contributed by atoms with Crippen molar-refractivity contribution in [2.45, 2.75) is 6.92 Å². The van der Waals surface area contributed by atoms with Crippen LogP contribution in [0.25, 0.3) is 0 Å². The number of pyridine rings is 1. The number of amides is 2. The van der Waals surface area contributed by atoms with Crippen LogP contribution in [0.2, 0.25) is 0 Å². The first-order valence-electron chi connectivity index (χ1n) is 9.56. The van der Waals surface area contributed by atoms with Gasteiger partial charge in [0.25, 0.3) is 11.8 Å². The summed E-state index contributed by atoms with van der Waals surface area (Å²) < 4.78 is 5.45. The number of rotatable bonds is 7. The maximum Gasteiger partial charge on any atom is 0.259 e. The Kier molecular flexibility index (Phi) is 6.64. The van der Waals surface area contributed by atoms with Crippen molar-refractivity contribution in [3.8, 4) is 5.75 Å². The van der Waals surface area contributed by atoms with Crippen LogP contribution >= 0.6 is 0 Å². The lowest BCUT2D eigenvalue weighted by atomic mass is 10.1. The van der Waals surface area contributed by atoms with Crippen molar-refractivity contribution in [3.05, 3.63) is 78.0 Å². The molecule has 154 valence electrons. The van der Waals surface area contributed by atoms with Gasteiger partial charge in [0.05, 0.1) is 12.2 Å². The van der Waals surface area contributed by atoms with Gasteiger partial charge in [-0.15, -0.1) is 0 Å². The first kappa shape index (κ1) is 20.9. The molecular formula is C23H24N4O3. The van der Waals surface area contributed by atoms with Crippen molar-refractivity contribution in [1.29, 1.82) is 0 Å². The largest absolute Gasteiger partial charge is 0.494 e. The average molecular weight is 404 g/mol. The fourth-order valence-corrected chi connectivity index (χ4v) is 2.81. The summed E-state index contributed by atoms with van der Waals surface area (Å²) >= 11 is 0. The fourth-order valence-electron chi connectivity index (χ4n) is 2.81. The highest BCUT2D eigenvalue weighted by atomic mass is 16.5. The molecule has 30 heavy (non-hydrogen) atoms. The third-order valence-corrected chi connectivity index (χ3v) is 4.25. The molecular weight excluding hydrogens is 380 g/mol. The molecule has 0 fully saturated rings. The number of carbonyl (C=O) groups excluding carboxylic acids is 2. The van der Waals surface area contributed by atoms with E-state index in [1.807, 2.05) is 31.2 Å².